The monoisotopic (exact) mass is 396 g/mol. The van der Waals surface area contributed by atoms with Gasteiger partial charge in [0.05, 0.1) is 0 Å². The highest BCUT2D eigenvalue weighted by molar-refractivity contribution is 5.22. The summed E-state index contributed by atoms with van der Waals surface area (Å²) in [6, 6.07) is 15.4. The second-order valence-electron chi connectivity index (χ2n) is 9.61. The number of hydrogen-bond acceptors (Lipinski definition) is 0. The molecule has 0 radical (unpaired) electrons. The third-order valence-corrected chi connectivity index (χ3v) is 7.80. The molecule has 4 rings (SSSR count). The van der Waals surface area contributed by atoms with Crippen molar-refractivity contribution in [1.82, 2.24) is 0 Å². The molecular formula is C27H34F2. The second-order valence-corrected chi connectivity index (χ2v) is 9.61. The normalized spacial score (nSPS) is 28.8. The Labute approximate surface area is 174 Å². The smallest absolute Gasteiger partial charge is 0.159 e. The molecule has 2 fully saturated rings. The molecular weight excluding hydrogens is 362 g/mol. The summed E-state index contributed by atoms with van der Waals surface area (Å²) in [5.74, 6) is 2.22. The summed E-state index contributed by atoms with van der Waals surface area (Å²) in [5, 5.41) is 0. The summed E-state index contributed by atoms with van der Waals surface area (Å²) in [6.07, 6.45) is 11.6. The van der Waals surface area contributed by atoms with E-state index < -0.39 is 11.6 Å². The van der Waals surface area contributed by atoms with Crippen molar-refractivity contribution in [1.29, 1.82) is 0 Å². The lowest BCUT2D eigenvalue weighted by Gasteiger charge is -2.38. The summed E-state index contributed by atoms with van der Waals surface area (Å²) >= 11 is 0. The zero-order chi connectivity index (χ0) is 20.2. The van der Waals surface area contributed by atoms with E-state index in [9.17, 15) is 8.78 Å². The molecule has 0 aliphatic heterocycles. The Balaban J connectivity index is 1.23. The molecule has 0 unspecified atom stereocenters. The molecule has 0 bridgehead atoms. The van der Waals surface area contributed by atoms with Crippen molar-refractivity contribution in [3.8, 4) is 0 Å². The van der Waals surface area contributed by atoms with Gasteiger partial charge >= 0.3 is 0 Å². The third kappa shape index (κ3) is 5.08. The number of halogens is 2. The Hall–Kier alpha value is -1.70. The molecule has 29 heavy (non-hydrogen) atoms. The summed E-state index contributed by atoms with van der Waals surface area (Å²) in [6.45, 7) is 2.38. The lowest BCUT2D eigenvalue weighted by Crippen LogP contribution is -2.26. The van der Waals surface area contributed by atoms with Crippen LogP contribution < -0.4 is 0 Å². The largest absolute Gasteiger partial charge is 0.204 e. The lowest BCUT2D eigenvalue weighted by molar-refractivity contribution is 0.154. The number of benzene rings is 2. The minimum Gasteiger partial charge on any atom is -0.204 e. The average molecular weight is 397 g/mol. The summed E-state index contributed by atoms with van der Waals surface area (Å²) in [4.78, 5) is 0. The van der Waals surface area contributed by atoms with Crippen molar-refractivity contribution in [2.75, 3.05) is 0 Å². The molecule has 0 saturated heterocycles. The molecule has 0 amide bonds. The van der Waals surface area contributed by atoms with Crippen LogP contribution in [0, 0.1) is 29.4 Å². The fraction of sp³-hybridized carbons (Fsp3) is 0.556. The summed E-state index contributed by atoms with van der Waals surface area (Å²) in [5.41, 5.74) is 2.46. The first-order valence-corrected chi connectivity index (χ1v) is 11.6. The molecule has 1 atom stereocenters. The van der Waals surface area contributed by atoms with Crippen LogP contribution in [-0.2, 0) is 0 Å². The summed E-state index contributed by atoms with van der Waals surface area (Å²) < 4.78 is 26.8. The predicted molar refractivity (Wildman–Crippen MR) is 116 cm³/mol. The molecule has 0 heterocycles. The van der Waals surface area contributed by atoms with Crippen LogP contribution >= 0.6 is 0 Å². The third-order valence-electron chi connectivity index (χ3n) is 7.80. The Morgan fingerprint density at radius 2 is 1.38 bits per heavy atom. The predicted octanol–water partition coefficient (Wildman–Crippen LogP) is 8.24. The van der Waals surface area contributed by atoms with Gasteiger partial charge < -0.3 is 0 Å². The standard InChI is InChI=1S/C27H34F2/c1-19(21-5-3-2-4-6-21)17-20-7-9-22(10-8-20)23-11-13-24(14-12-23)25-15-16-26(28)27(29)18-25/h2-6,15-16,18-20,22-24H,7-14,17H2,1H3/t19-,20?,22?,23?,24?/m1/s1. The van der Waals surface area contributed by atoms with E-state index in [1.54, 1.807) is 6.07 Å². The van der Waals surface area contributed by atoms with Crippen molar-refractivity contribution in [3.05, 3.63) is 71.3 Å². The quantitative estimate of drug-likeness (QED) is 0.477. The molecule has 0 aromatic heterocycles. The van der Waals surface area contributed by atoms with Gasteiger partial charge in [-0.25, -0.2) is 8.78 Å². The highest BCUT2D eigenvalue weighted by Gasteiger charge is 2.31. The Kier molecular flexibility index (Phi) is 6.67. The van der Waals surface area contributed by atoms with Gasteiger partial charge in [0, 0.05) is 0 Å². The van der Waals surface area contributed by atoms with Crippen molar-refractivity contribution in [2.24, 2.45) is 17.8 Å². The first-order valence-electron chi connectivity index (χ1n) is 11.6. The van der Waals surface area contributed by atoms with Crippen molar-refractivity contribution < 1.29 is 8.78 Å². The van der Waals surface area contributed by atoms with Crippen LogP contribution in [0.4, 0.5) is 8.78 Å². The molecule has 0 spiro atoms. The SMILES string of the molecule is C[C@H](CC1CCC(C2CCC(c3ccc(F)c(F)c3)CC2)CC1)c1ccccc1. The van der Waals surface area contributed by atoms with Crippen LogP contribution in [0.25, 0.3) is 0 Å². The first kappa shape index (κ1) is 20.6. The van der Waals surface area contributed by atoms with E-state index >= 15 is 0 Å². The molecule has 156 valence electrons. The highest BCUT2D eigenvalue weighted by Crippen LogP contribution is 2.45. The second kappa shape index (κ2) is 9.41. The zero-order valence-electron chi connectivity index (χ0n) is 17.6. The van der Waals surface area contributed by atoms with Gasteiger partial charge in [-0.05, 0) is 97.8 Å². The molecule has 2 aliphatic carbocycles. The van der Waals surface area contributed by atoms with Crippen LogP contribution in [0.3, 0.4) is 0 Å². The van der Waals surface area contributed by atoms with Crippen molar-refractivity contribution in [3.63, 3.8) is 0 Å². The van der Waals surface area contributed by atoms with E-state index in [1.165, 1.54) is 62.6 Å². The van der Waals surface area contributed by atoms with Crippen LogP contribution in [0.1, 0.15) is 87.7 Å². The summed E-state index contributed by atoms with van der Waals surface area (Å²) in [7, 11) is 0. The van der Waals surface area contributed by atoms with Gasteiger partial charge in [0.25, 0.3) is 0 Å². The average Bonchev–Trinajstić information content (AvgIpc) is 2.77. The number of rotatable bonds is 5. The molecule has 2 aromatic rings. The molecule has 0 nitrogen and oxygen atoms in total. The van der Waals surface area contributed by atoms with E-state index in [1.807, 2.05) is 0 Å². The highest BCUT2D eigenvalue weighted by atomic mass is 19.2. The Morgan fingerprint density at radius 3 is 2.00 bits per heavy atom. The van der Waals surface area contributed by atoms with E-state index in [4.69, 9.17) is 0 Å². The van der Waals surface area contributed by atoms with Gasteiger partial charge in [0.15, 0.2) is 11.6 Å². The van der Waals surface area contributed by atoms with Crippen molar-refractivity contribution in [2.45, 2.75) is 76.5 Å². The fourth-order valence-corrected chi connectivity index (χ4v) is 6.00. The van der Waals surface area contributed by atoms with Crippen LogP contribution in [0.5, 0.6) is 0 Å². The topological polar surface area (TPSA) is 0 Å². The fourth-order valence-electron chi connectivity index (χ4n) is 6.00. The zero-order valence-corrected chi connectivity index (χ0v) is 17.6. The Morgan fingerprint density at radius 1 is 0.759 bits per heavy atom. The van der Waals surface area contributed by atoms with E-state index in [2.05, 4.69) is 37.3 Å². The maximum Gasteiger partial charge on any atom is 0.159 e. The van der Waals surface area contributed by atoms with Gasteiger partial charge in [-0.15, -0.1) is 0 Å². The lowest BCUT2D eigenvalue weighted by atomic mass is 9.67. The van der Waals surface area contributed by atoms with Gasteiger partial charge in [0.1, 0.15) is 0 Å². The minimum absolute atomic E-state index is 0.407. The molecule has 2 aromatic carbocycles. The van der Waals surface area contributed by atoms with Crippen molar-refractivity contribution >= 4 is 0 Å². The van der Waals surface area contributed by atoms with Crippen LogP contribution in [0.2, 0.25) is 0 Å². The molecule has 2 saturated carbocycles. The minimum atomic E-state index is -0.735. The van der Waals surface area contributed by atoms with Gasteiger partial charge in [0.2, 0.25) is 0 Å². The first-order chi connectivity index (χ1) is 14.1. The Bertz CT molecular complexity index is 768. The molecule has 2 aliphatic rings. The maximum atomic E-state index is 13.6. The van der Waals surface area contributed by atoms with Crippen LogP contribution in [-0.4, -0.2) is 0 Å². The van der Waals surface area contributed by atoms with Gasteiger partial charge in [-0.2, -0.15) is 0 Å². The van der Waals surface area contributed by atoms with Gasteiger partial charge in [-0.3, -0.25) is 0 Å². The van der Waals surface area contributed by atoms with E-state index in [0.717, 1.165) is 36.2 Å². The molecule has 2 heteroatoms. The van der Waals surface area contributed by atoms with Crippen LogP contribution in [0.15, 0.2) is 48.5 Å². The van der Waals surface area contributed by atoms with E-state index in [0.29, 0.717) is 11.8 Å². The molecule has 0 N–H and O–H groups in total. The van der Waals surface area contributed by atoms with E-state index in [-0.39, 0.29) is 0 Å². The number of hydrogen-bond donors (Lipinski definition) is 0. The van der Waals surface area contributed by atoms with Gasteiger partial charge in [-0.1, -0.05) is 56.2 Å². The maximum absolute atomic E-state index is 13.6.